The van der Waals surface area contributed by atoms with E-state index < -0.39 is 0 Å². The van der Waals surface area contributed by atoms with Crippen LogP contribution < -0.4 is 0 Å². The van der Waals surface area contributed by atoms with Gasteiger partial charge in [0.25, 0.3) is 0 Å². The minimum atomic E-state index is 0.245. The largest absolute Gasteiger partial charge is 0.294 e. The van der Waals surface area contributed by atoms with E-state index in [0.29, 0.717) is 5.78 Å². The fourth-order valence-electron chi connectivity index (χ4n) is 3.23. The van der Waals surface area contributed by atoms with Gasteiger partial charge in [-0.05, 0) is 24.0 Å². The van der Waals surface area contributed by atoms with E-state index in [4.69, 9.17) is 0 Å². The Morgan fingerprint density at radius 2 is 1.29 bits per heavy atom. The third kappa shape index (κ3) is 3.41. The molecule has 0 aromatic heterocycles. The predicted molar refractivity (Wildman–Crippen MR) is 87.4 cm³/mol. The molecule has 2 aromatic rings. The van der Waals surface area contributed by atoms with Crippen molar-refractivity contribution in [3.05, 3.63) is 60.2 Å². The van der Waals surface area contributed by atoms with Gasteiger partial charge >= 0.3 is 0 Å². The molecule has 3 rings (SSSR count). The lowest BCUT2D eigenvalue weighted by atomic mass is 9.90. The van der Waals surface area contributed by atoms with Gasteiger partial charge in [-0.1, -0.05) is 80.3 Å². The molecule has 0 unspecified atom stereocenters. The maximum absolute atomic E-state index is 12.6. The van der Waals surface area contributed by atoms with E-state index in [-0.39, 0.29) is 5.92 Å². The van der Waals surface area contributed by atoms with Crippen LogP contribution in [0.2, 0.25) is 0 Å². The van der Waals surface area contributed by atoms with Gasteiger partial charge in [0.2, 0.25) is 0 Å². The monoisotopic (exact) mass is 278 g/mol. The fourth-order valence-corrected chi connectivity index (χ4v) is 3.23. The number of rotatable bonds is 3. The second-order valence-electron chi connectivity index (χ2n) is 6.00. The molecule has 0 amide bonds. The van der Waals surface area contributed by atoms with Gasteiger partial charge in [0.1, 0.15) is 0 Å². The molecule has 0 saturated heterocycles. The molecule has 21 heavy (non-hydrogen) atoms. The summed E-state index contributed by atoms with van der Waals surface area (Å²) in [5.41, 5.74) is 3.25. The molecule has 0 N–H and O–H groups in total. The summed E-state index contributed by atoms with van der Waals surface area (Å²) in [5, 5.41) is 0. The van der Waals surface area contributed by atoms with E-state index >= 15 is 0 Å². The molecule has 0 radical (unpaired) electrons. The zero-order valence-corrected chi connectivity index (χ0v) is 12.4. The second-order valence-corrected chi connectivity index (χ2v) is 6.00. The van der Waals surface area contributed by atoms with Gasteiger partial charge in [0.15, 0.2) is 5.78 Å². The molecule has 108 valence electrons. The Labute approximate surface area is 127 Å². The number of carbonyl (C=O) groups excluding carboxylic acids is 1. The summed E-state index contributed by atoms with van der Waals surface area (Å²) in [6.07, 6.45) is 7.13. The van der Waals surface area contributed by atoms with Crippen molar-refractivity contribution in [3.63, 3.8) is 0 Å². The van der Waals surface area contributed by atoms with E-state index in [9.17, 15) is 4.79 Å². The summed E-state index contributed by atoms with van der Waals surface area (Å²) in [5.74, 6) is 0.589. The first-order chi connectivity index (χ1) is 10.3. The van der Waals surface area contributed by atoms with Crippen LogP contribution in [-0.4, -0.2) is 5.78 Å². The smallest absolute Gasteiger partial charge is 0.165 e. The number of benzene rings is 2. The van der Waals surface area contributed by atoms with Gasteiger partial charge in [0, 0.05) is 11.5 Å². The van der Waals surface area contributed by atoms with Crippen LogP contribution in [-0.2, 0) is 0 Å². The molecule has 1 saturated carbocycles. The van der Waals surface area contributed by atoms with Crippen molar-refractivity contribution in [2.75, 3.05) is 0 Å². The molecule has 1 nitrogen and oxygen atoms in total. The van der Waals surface area contributed by atoms with Crippen molar-refractivity contribution in [3.8, 4) is 11.1 Å². The summed E-state index contributed by atoms with van der Waals surface area (Å²) in [4.78, 5) is 12.6. The normalized spacial score (nSPS) is 16.4. The summed E-state index contributed by atoms with van der Waals surface area (Å²) in [6.45, 7) is 0. The number of carbonyl (C=O) groups is 1. The van der Waals surface area contributed by atoms with Crippen LogP contribution in [0.15, 0.2) is 54.6 Å². The van der Waals surface area contributed by atoms with Crippen LogP contribution >= 0.6 is 0 Å². The predicted octanol–water partition coefficient (Wildman–Crippen LogP) is 5.51. The molecule has 0 atom stereocenters. The first-order valence-electron chi connectivity index (χ1n) is 8.04. The molecular formula is C20H22O. The number of hydrogen-bond donors (Lipinski definition) is 0. The lowest BCUT2D eigenvalue weighted by molar-refractivity contribution is 0.0908. The van der Waals surface area contributed by atoms with Gasteiger partial charge in [-0.25, -0.2) is 0 Å². The minimum absolute atomic E-state index is 0.245. The highest BCUT2D eigenvalue weighted by atomic mass is 16.1. The van der Waals surface area contributed by atoms with E-state index in [1.165, 1.54) is 36.8 Å². The van der Waals surface area contributed by atoms with Gasteiger partial charge in [-0.3, -0.25) is 4.79 Å². The maximum Gasteiger partial charge on any atom is 0.165 e. The van der Waals surface area contributed by atoms with Gasteiger partial charge in [-0.2, -0.15) is 0 Å². The van der Waals surface area contributed by atoms with Crippen LogP contribution in [0, 0.1) is 5.92 Å². The average Bonchev–Trinajstić information content (AvgIpc) is 2.84. The molecule has 1 aliphatic rings. The Bertz CT molecular complexity index is 575. The van der Waals surface area contributed by atoms with E-state index in [0.717, 1.165) is 18.4 Å². The van der Waals surface area contributed by atoms with Gasteiger partial charge in [-0.15, -0.1) is 0 Å². The third-order valence-corrected chi connectivity index (χ3v) is 4.50. The second kappa shape index (κ2) is 6.71. The van der Waals surface area contributed by atoms with Gasteiger partial charge in [0.05, 0.1) is 0 Å². The number of ketones is 1. The molecular weight excluding hydrogens is 256 g/mol. The molecule has 1 aliphatic carbocycles. The molecule has 0 spiro atoms. The van der Waals surface area contributed by atoms with Crippen molar-refractivity contribution in [2.24, 2.45) is 5.92 Å². The quantitative estimate of drug-likeness (QED) is 0.534. The number of hydrogen-bond acceptors (Lipinski definition) is 1. The Morgan fingerprint density at radius 3 is 1.90 bits per heavy atom. The summed E-state index contributed by atoms with van der Waals surface area (Å²) in [7, 11) is 0. The summed E-state index contributed by atoms with van der Waals surface area (Å²) < 4.78 is 0. The van der Waals surface area contributed by atoms with Crippen molar-refractivity contribution < 1.29 is 4.79 Å². The Balaban J connectivity index is 1.76. The zero-order valence-electron chi connectivity index (χ0n) is 12.4. The topological polar surface area (TPSA) is 17.1 Å². The van der Waals surface area contributed by atoms with E-state index in [1.807, 2.05) is 30.3 Å². The average molecular weight is 278 g/mol. The fraction of sp³-hybridized carbons (Fsp3) is 0.350. The lowest BCUT2D eigenvalue weighted by Gasteiger charge is -2.13. The molecule has 0 heterocycles. The van der Waals surface area contributed by atoms with Crippen molar-refractivity contribution in [2.45, 2.75) is 38.5 Å². The Kier molecular flexibility index (Phi) is 4.49. The van der Waals surface area contributed by atoms with Crippen LogP contribution in [0.1, 0.15) is 48.9 Å². The summed E-state index contributed by atoms with van der Waals surface area (Å²) >= 11 is 0. The van der Waals surface area contributed by atoms with Crippen molar-refractivity contribution in [1.82, 2.24) is 0 Å². The highest BCUT2D eigenvalue weighted by Crippen LogP contribution is 2.27. The van der Waals surface area contributed by atoms with E-state index in [2.05, 4.69) is 24.3 Å². The first kappa shape index (κ1) is 14.1. The Morgan fingerprint density at radius 1 is 0.714 bits per heavy atom. The van der Waals surface area contributed by atoms with Crippen LogP contribution in [0.5, 0.6) is 0 Å². The van der Waals surface area contributed by atoms with Crippen molar-refractivity contribution in [1.29, 1.82) is 0 Å². The van der Waals surface area contributed by atoms with Crippen LogP contribution in [0.4, 0.5) is 0 Å². The minimum Gasteiger partial charge on any atom is -0.294 e. The zero-order chi connectivity index (χ0) is 14.5. The highest BCUT2D eigenvalue weighted by Gasteiger charge is 2.21. The highest BCUT2D eigenvalue weighted by molar-refractivity contribution is 5.98. The lowest BCUT2D eigenvalue weighted by Crippen LogP contribution is -2.13. The number of Topliss-reactive ketones (excluding diaryl/α,β-unsaturated/α-hetero) is 1. The van der Waals surface area contributed by atoms with Gasteiger partial charge < -0.3 is 0 Å². The van der Waals surface area contributed by atoms with Crippen LogP contribution in [0.25, 0.3) is 11.1 Å². The van der Waals surface area contributed by atoms with Crippen LogP contribution in [0.3, 0.4) is 0 Å². The Hall–Kier alpha value is -1.89. The standard InChI is InChI=1S/C20H22O/c21-20(18-10-4-1-2-5-11-18)19-14-12-17(13-15-19)16-8-6-3-7-9-16/h3,6-9,12-15,18H,1-2,4-5,10-11H2. The third-order valence-electron chi connectivity index (χ3n) is 4.50. The molecule has 1 fully saturated rings. The molecule has 2 aromatic carbocycles. The summed E-state index contributed by atoms with van der Waals surface area (Å²) in [6, 6.07) is 18.4. The molecule has 0 bridgehead atoms. The molecule has 0 aliphatic heterocycles. The maximum atomic E-state index is 12.6. The first-order valence-corrected chi connectivity index (χ1v) is 8.04. The SMILES string of the molecule is O=C(c1ccc(-c2ccccc2)cc1)C1CCCCCC1. The molecule has 1 heteroatoms. The van der Waals surface area contributed by atoms with E-state index in [1.54, 1.807) is 0 Å². The van der Waals surface area contributed by atoms with Crippen molar-refractivity contribution >= 4 is 5.78 Å².